The van der Waals surface area contributed by atoms with Gasteiger partial charge < -0.3 is 19.3 Å². The highest BCUT2D eigenvalue weighted by Gasteiger charge is 2.36. The molecule has 6 rings (SSSR count). The zero-order chi connectivity index (χ0) is 43.1. The number of hydrogen-bond acceptors (Lipinski definition) is 7. The third-order valence-electron chi connectivity index (χ3n) is 10.2. The van der Waals surface area contributed by atoms with Crippen LogP contribution in [0.5, 0.6) is 11.5 Å². The van der Waals surface area contributed by atoms with E-state index < -0.39 is 28.7 Å². The van der Waals surface area contributed by atoms with Crippen molar-refractivity contribution in [1.82, 2.24) is 0 Å². The van der Waals surface area contributed by atoms with Crippen molar-refractivity contribution in [3.05, 3.63) is 140 Å². The largest absolute Gasteiger partial charge is 0.478 e. The summed E-state index contributed by atoms with van der Waals surface area (Å²) in [7, 11) is 0. The first-order chi connectivity index (χ1) is 26.8. The number of carbonyl (C=O) groups excluding carboxylic acids is 3. The van der Waals surface area contributed by atoms with Gasteiger partial charge in [0.2, 0.25) is 0 Å². The van der Waals surface area contributed by atoms with Crippen molar-refractivity contribution in [2.75, 3.05) is 0 Å². The molecule has 0 radical (unpaired) electrons. The molecule has 58 heavy (non-hydrogen) atoms. The minimum atomic E-state index is -1.31. The van der Waals surface area contributed by atoms with Crippen LogP contribution >= 0.6 is 0 Å². The zero-order valence-corrected chi connectivity index (χ0v) is 36.1. The number of hydrogen-bond donors (Lipinski definition) is 1. The van der Waals surface area contributed by atoms with Crippen molar-refractivity contribution in [2.24, 2.45) is 0 Å². The molecule has 0 unspecified atom stereocenters. The molecule has 4 aromatic rings. The number of aliphatic carboxylic acids is 1. The van der Waals surface area contributed by atoms with E-state index in [-0.39, 0.29) is 11.6 Å². The van der Waals surface area contributed by atoms with Crippen LogP contribution in [0.2, 0.25) is 0 Å². The number of carbonyl (C=O) groups is 4. The van der Waals surface area contributed by atoms with Crippen LogP contribution in [0.1, 0.15) is 125 Å². The normalized spacial score (nSPS) is 13.9. The molecule has 0 aromatic heterocycles. The summed E-state index contributed by atoms with van der Waals surface area (Å²) in [5.41, 5.74) is 10.4. The molecule has 0 spiro atoms. The van der Waals surface area contributed by atoms with Crippen LogP contribution in [0.3, 0.4) is 0 Å². The minimum absolute atomic E-state index is 0.0221. The molecule has 2 aliphatic carbocycles. The average molecular weight is 785 g/mol. The van der Waals surface area contributed by atoms with Gasteiger partial charge in [-0.15, -0.1) is 0 Å². The van der Waals surface area contributed by atoms with Crippen molar-refractivity contribution in [2.45, 2.75) is 120 Å². The van der Waals surface area contributed by atoms with Gasteiger partial charge in [0.05, 0.1) is 0 Å². The van der Waals surface area contributed by atoms with E-state index >= 15 is 0 Å². The van der Waals surface area contributed by atoms with E-state index in [0.29, 0.717) is 24.3 Å². The zero-order valence-electron chi connectivity index (χ0n) is 36.1. The van der Waals surface area contributed by atoms with Gasteiger partial charge in [-0.3, -0.25) is 9.59 Å². The first-order valence-corrected chi connectivity index (χ1v) is 19.6. The Bertz CT molecular complexity index is 2350. The van der Waals surface area contributed by atoms with E-state index in [2.05, 4.69) is 12.1 Å². The lowest BCUT2D eigenvalue weighted by atomic mass is 9.85. The Balaban J connectivity index is 0.000000223. The molecule has 304 valence electrons. The Morgan fingerprint density at radius 1 is 0.552 bits per heavy atom. The van der Waals surface area contributed by atoms with Gasteiger partial charge >= 0.3 is 11.9 Å². The molecule has 0 saturated heterocycles. The van der Waals surface area contributed by atoms with Crippen molar-refractivity contribution in [1.29, 1.82) is 0 Å². The molecular formula is C50H56O8. The molecule has 0 fully saturated rings. The summed E-state index contributed by atoms with van der Waals surface area (Å²) < 4.78 is 17.4. The number of allylic oxidation sites excluding steroid dienone is 4. The third kappa shape index (κ3) is 9.84. The third-order valence-corrected chi connectivity index (χ3v) is 10.2. The molecule has 0 saturated carbocycles. The monoisotopic (exact) mass is 784 g/mol. The maximum absolute atomic E-state index is 12.6. The molecule has 1 N–H and O–H groups in total. The highest BCUT2D eigenvalue weighted by atomic mass is 16.6. The van der Waals surface area contributed by atoms with Crippen LogP contribution in [-0.2, 0) is 27.2 Å². The number of fused-ring (bicyclic) bond motifs is 2. The first-order valence-electron chi connectivity index (χ1n) is 19.6. The summed E-state index contributed by atoms with van der Waals surface area (Å²) in [6.07, 6.45) is 4.85. The molecule has 0 heterocycles. The lowest BCUT2D eigenvalue weighted by Gasteiger charge is -2.30. The van der Waals surface area contributed by atoms with Crippen molar-refractivity contribution in [3.8, 4) is 11.5 Å². The summed E-state index contributed by atoms with van der Waals surface area (Å²) in [4.78, 5) is 49.1. The van der Waals surface area contributed by atoms with E-state index in [0.717, 1.165) is 77.9 Å². The summed E-state index contributed by atoms with van der Waals surface area (Å²) in [6, 6.07) is 19.8. The smallest absolute Gasteiger partial charge is 0.350 e. The van der Waals surface area contributed by atoms with Gasteiger partial charge in [0.1, 0.15) is 17.1 Å². The predicted molar refractivity (Wildman–Crippen MR) is 229 cm³/mol. The Hall–Kier alpha value is -5.76. The Morgan fingerprint density at radius 3 is 1.26 bits per heavy atom. The van der Waals surface area contributed by atoms with Gasteiger partial charge in [-0.25, -0.2) is 9.59 Å². The number of carboxylic acid groups (broad SMARTS) is 1. The van der Waals surface area contributed by atoms with Crippen LogP contribution in [-0.4, -0.2) is 45.4 Å². The second-order valence-corrected chi connectivity index (χ2v) is 17.7. The predicted octanol–water partition coefficient (Wildman–Crippen LogP) is 10.6. The lowest BCUT2D eigenvalue weighted by molar-refractivity contribution is -0.171. The van der Waals surface area contributed by atoms with Gasteiger partial charge in [0.25, 0.3) is 0 Å². The number of carboxylic acids is 1. The Kier molecular flexibility index (Phi) is 12.1. The standard InChI is InChI=1S/C27H32O4.C23H24O4/c1-16-9-10-22-21(11-16)14-20(15-23(22)28)19-12-17(2)24(18(3)13-19)30-27(7,8)25(29)31-26(4,5)6;1-13-6-7-19-18(8-13)11-17(12-20(19)24)16-9-14(2)21(15(3)10-16)27-23(4,5)22(25)26/h9-13,15H,14H2,1-8H3;6-10,12H,11H2,1-5H3,(H,25,26). The average Bonchev–Trinajstić information content (AvgIpc) is 3.10. The van der Waals surface area contributed by atoms with Gasteiger partial charge in [-0.1, -0.05) is 47.5 Å². The Labute approximate surface area is 342 Å². The number of ether oxygens (including phenoxy) is 3. The topological polar surface area (TPSA) is 116 Å². The van der Waals surface area contributed by atoms with Crippen LogP contribution in [0.4, 0.5) is 0 Å². The molecule has 0 bridgehead atoms. The molecule has 2 aliphatic rings. The highest BCUT2D eigenvalue weighted by Crippen LogP contribution is 2.36. The second kappa shape index (κ2) is 16.2. The van der Waals surface area contributed by atoms with Gasteiger partial charge in [0.15, 0.2) is 22.8 Å². The molecule has 8 heteroatoms. The number of aryl methyl sites for hydroxylation is 6. The van der Waals surface area contributed by atoms with E-state index in [1.807, 2.05) is 111 Å². The molecular weight excluding hydrogens is 729 g/mol. The fourth-order valence-corrected chi connectivity index (χ4v) is 7.16. The fourth-order valence-electron chi connectivity index (χ4n) is 7.16. The van der Waals surface area contributed by atoms with Crippen LogP contribution in [0, 0.1) is 41.5 Å². The van der Waals surface area contributed by atoms with Gasteiger partial charge in [0, 0.05) is 11.1 Å². The SMILES string of the molecule is Cc1ccc2c(c1)CC(c1cc(C)c(OC(C)(C)C(=O)O)c(C)c1)=CC2=O.Cc1ccc2c(c1)CC(c1cc(C)c(OC(C)(C)C(=O)OC(C)(C)C)c(C)c1)=CC2=O. The van der Waals surface area contributed by atoms with Crippen LogP contribution in [0.25, 0.3) is 11.1 Å². The summed E-state index contributed by atoms with van der Waals surface area (Å²) in [5, 5.41) is 9.32. The number of esters is 1. The minimum Gasteiger partial charge on any atom is -0.478 e. The van der Waals surface area contributed by atoms with E-state index in [9.17, 15) is 24.3 Å². The maximum Gasteiger partial charge on any atom is 0.350 e. The number of benzene rings is 4. The van der Waals surface area contributed by atoms with E-state index in [1.165, 1.54) is 13.8 Å². The molecule has 0 atom stereocenters. The highest BCUT2D eigenvalue weighted by molar-refractivity contribution is 6.12. The molecule has 8 nitrogen and oxygen atoms in total. The van der Waals surface area contributed by atoms with E-state index in [1.54, 1.807) is 26.0 Å². The Morgan fingerprint density at radius 2 is 0.914 bits per heavy atom. The van der Waals surface area contributed by atoms with Crippen LogP contribution < -0.4 is 9.47 Å². The number of rotatable bonds is 8. The summed E-state index contributed by atoms with van der Waals surface area (Å²) >= 11 is 0. The number of ketones is 2. The second-order valence-electron chi connectivity index (χ2n) is 17.7. The van der Waals surface area contributed by atoms with Crippen molar-refractivity contribution < 1.29 is 38.5 Å². The fraction of sp³-hybridized carbons (Fsp3) is 0.360. The molecule has 0 amide bonds. The molecule has 4 aromatic carbocycles. The maximum atomic E-state index is 12.6. The van der Waals surface area contributed by atoms with Crippen LogP contribution in [0.15, 0.2) is 72.8 Å². The lowest BCUT2D eigenvalue weighted by Crippen LogP contribution is -2.43. The van der Waals surface area contributed by atoms with Crippen molar-refractivity contribution >= 4 is 34.7 Å². The van der Waals surface area contributed by atoms with Crippen molar-refractivity contribution in [3.63, 3.8) is 0 Å². The quantitative estimate of drug-likeness (QED) is 0.176. The summed E-state index contributed by atoms with van der Waals surface area (Å²) in [5.74, 6) is -0.121. The first kappa shape index (κ1) is 43.4. The molecule has 0 aliphatic heterocycles. The van der Waals surface area contributed by atoms with E-state index in [4.69, 9.17) is 14.2 Å². The van der Waals surface area contributed by atoms with Gasteiger partial charge in [-0.2, -0.15) is 0 Å². The van der Waals surface area contributed by atoms with Gasteiger partial charge in [-0.05, 0) is 195 Å². The summed E-state index contributed by atoms with van der Waals surface area (Å²) in [6.45, 7) is 23.8.